The molecule has 2 heterocycles. The topological polar surface area (TPSA) is 80.9 Å². The van der Waals surface area contributed by atoms with Crippen LogP contribution < -0.4 is 11.1 Å². The number of anilines is 1. The highest BCUT2D eigenvalue weighted by Gasteiger charge is 2.15. The first-order valence-corrected chi connectivity index (χ1v) is 10.2. The second-order valence-electron chi connectivity index (χ2n) is 5.95. The first-order valence-electron chi connectivity index (χ1n) is 8.06. The minimum absolute atomic E-state index is 0.108. The summed E-state index contributed by atoms with van der Waals surface area (Å²) in [6.07, 6.45) is 0. The first-order chi connectivity index (χ1) is 12.4. The summed E-state index contributed by atoms with van der Waals surface area (Å²) in [7, 11) is 0. The predicted molar refractivity (Wildman–Crippen MR) is 110 cm³/mol. The van der Waals surface area contributed by atoms with E-state index in [9.17, 15) is 4.79 Å². The number of aryl methyl sites for hydroxylation is 2. The quantitative estimate of drug-likeness (QED) is 0.481. The molecule has 5 nitrogen and oxygen atoms in total. The lowest BCUT2D eigenvalue weighted by Crippen LogP contribution is -2.28. The average molecular weight is 407 g/mol. The molecular formula is C18H19ClN4OS2. The van der Waals surface area contributed by atoms with Gasteiger partial charge in [0.15, 0.2) is 5.16 Å². The number of carbonyl (C=O) groups excluding carboxylic acids is 1. The number of rotatable bonds is 5. The Morgan fingerprint density at radius 2 is 2.08 bits per heavy atom. The molecule has 3 N–H and O–H groups in total. The monoisotopic (exact) mass is 406 g/mol. The molecule has 0 aliphatic carbocycles. The summed E-state index contributed by atoms with van der Waals surface area (Å²) >= 11 is 9.04. The number of carbonyl (C=O) groups is 1. The smallest absolute Gasteiger partial charge is 0.230 e. The molecule has 1 unspecified atom stereocenters. The fourth-order valence-electron chi connectivity index (χ4n) is 2.64. The molecule has 136 valence electrons. The molecule has 8 heteroatoms. The van der Waals surface area contributed by atoms with Gasteiger partial charge < -0.3 is 11.1 Å². The third kappa shape index (κ3) is 3.95. The summed E-state index contributed by atoms with van der Waals surface area (Å²) < 4.78 is 0. The first kappa shape index (κ1) is 18.9. The molecule has 0 aliphatic heterocycles. The molecule has 1 aromatic carbocycles. The van der Waals surface area contributed by atoms with Crippen LogP contribution in [0.2, 0.25) is 5.02 Å². The summed E-state index contributed by atoms with van der Waals surface area (Å²) in [6, 6.07) is 7.30. The van der Waals surface area contributed by atoms with Crippen LogP contribution in [-0.2, 0) is 4.79 Å². The summed E-state index contributed by atoms with van der Waals surface area (Å²) in [5, 5.41) is 5.00. The molecule has 3 rings (SSSR count). The Morgan fingerprint density at radius 3 is 2.81 bits per heavy atom. The highest BCUT2D eigenvalue weighted by Crippen LogP contribution is 2.33. The van der Waals surface area contributed by atoms with Crippen molar-refractivity contribution in [1.29, 1.82) is 0 Å². The normalized spacial score (nSPS) is 12.3. The lowest BCUT2D eigenvalue weighted by atomic mass is 10.1. The third-order valence-corrected chi connectivity index (χ3v) is 6.41. The standard InChI is InChI=1S/C18H19ClN4OS2/c1-9-11(3)26-17-15(9)16(20)22-18(23-17)25-8-14(24)21-10(2)12-6-4-5-7-13(12)19/h4-7,10H,8H2,1-3H3,(H,21,24)(H2,20,22,23). The molecule has 0 aliphatic rings. The number of aromatic nitrogens is 2. The SMILES string of the molecule is Cc1sc2nc(SCC(=O)NC(C)c3ccccc3Cl)nc(N)c2c1C. The van der Waals surface area contributed by atoms with Gasteiger partial charge in [0, 0.05) is 9.90 Å². The zero-order chi connectivity index (χ0) is 18.8. The minimum atomic E-state index is -0.173. The van der Waals surface area contributed by atoms with Gasteiger partial charge in [-0.2, -0.15) is 0 Å². The van der Waals surface area contributed by atoms with Gasteiger partial charge in [0.05, 0.1) is 17.2 Å². The maximum absolute atomic E-state index is 12.3. The molecule has 1 amide bonds. The molecule has 0 saturated carbocycles. The number of hydrogen-bond donors (Lipinski definition) is 2. The van der Waals surface area contributed by atoms with Crippen LogP contribution >= 0.6 is 34.7 Å². The number of nitrogens with zero attached hydrogens (tertiary/aromatic N) is 2. The van der Waals surface area contributed by atoms with Crippen molar-refractivity contribution in [2.45, 2.75) is 32.0 Å². The number of nitrogens with one attached hydrogen (secondary N) is 1. The lowest BCUT2D eigenvalue weighted by Gasteiger charge is -2.15. The summed E-state index contributed by atoms with van der Waals surface area (Å²) in [5.41, 5.74) is 8.08. The van der Waals surface area contributed by atoms with E-state index in [0.29, 0.717) is 16.0 Å². The number of thioether (sulfide) groups is 1. The van der Waals surface area contributed by atoms with E-state index in [0.717, 1.165) is 21.3 Å². The van der Waals surface area contributed by atoms with Gasteiger partial charge in [-0.15, -0.1) is 11.3 Å². The van der Waals surface area contributed by atoms with E-state index in [2.05, 4.69) is 15.3 Å². The molecule has 0 saturated heterocycles. The molecule has 0 bridgehead atoms. The number of hydrogen-bond acceptors (Lipinski definition) is 6. The van der Waals surface area contributed by atoms with Crippen molar-refractivity contribution in [3.8, 4) is 0 Å². The number of amides is 1. The predicted octanol–water partition coefficient (Wildman–Crippen LogP) is 4.51. The molecule has 3 aromatic rings. The molecule has 0 radical (unpaired) electrons. The van der Waals surface area contributed by atoms with Gasteiger partial charge in [-0.1, -0.05) is 41.6 Å². The van der Waals surface area contributed by atoms with Crippen molar-refractivity contribution in [3.63, 3.8) is 0 Å². The van der Waals surface area contributed by atoms with Gasteiger partial charge in [0.2, 0.25) is 5.91 Å². The van der Waals surface area contributed by atoms with Gasteiger partial charge in [-0.3, -0.25) is 4.79 Å². The number of nitrogens with two attached hydrogens (primary N) is 1. The van der Waals surface area contributed by atoms with E-state index in [1.54, 1.807) is 11.3 Å². The van der Waals surface area contributed by atoms with Gasteiger partial charge in [0.1, 0.15) is 10.6 Å². The van der Waals surface area contributed by atoms with Crippen molar-refractivity contribution < 1.29 is 4.79 Å². The van der Waals surface area contributed by atoms with Crippen LogP contribution in [0.4, 0.5) is 5.82 Å². The van der Waals surface area contributed by atoms with Gasteiger partial charge in [-0.25, -0.2) is 9.97 Å². The molecule has 2 aromatic heterocycles. The molecule has 1 atom stereocenters. The highest BCUT2D eigenvalue weighted by molar-refractivity contribution is 7.99. The molecule has 26 heavy (non-hydrogen) atoms. The Bertz CT molecular complexity index is 973. The maximum Gasteiger partial charge on any atom is 0.230 e. The molecule has 0 spiro atoms. The van der Waals surface area contributed by atoms with Crippen LogP contribution in [0, 0.1) is 13.8 Å². The Labute approximate surface area is 165 Å². The zero-order valence-corrected chi connectivity index (χ0v) is 17.1. The Balaban J connectivity index is 1.66. The van der Waals surface area contributed by atoms with Gasteiger partial charge in [0.25, 0.3) is 0 Å². The Hall–Kier alpha value is -1.83. The largest absolute Gasteiger partial charge is 0.383 e. The van der Waals surface area contributed by atoms with Crippen LogP contribution in [0.5, 0.6) is 0 Å². The van der Waals surface area contributed by atoms with Crippen LogP contribution in [0.15, 0.2) is 29.4 Å². The Morgan fingerprint density at radius 1 is 1.35 bits per heavy atom. The van der Waals surface area contributed by atoms with E-state index >= 15 is 0 Å². The van der Waals surface area contributed by atoms with E-state index in [1.807, 2.05) is 45.0 Å². The summed E-state index contributed by atoms with van der Waals surface area (Å²) in [5.74, 6) is 0.565. The number of nitrogen functional groups attached to an aromatic ring is 1. The third-order valence-electron chi connectivity index (χ3n) is 4.12. The Kier molecular flexibility index (Phi) is 5.70. The fourth-order valence-corrected chi connectivity index (χ4v) is 4.70. The highest BCUT2D eigenvalue weighted by atomic mass is 35.5. The van der Waals surface area contributed by atoms with E-state index in [-0.39, 0.29) is 17.7 Å². The second-order valence-corrected chi connectivity index (χ2v) is 8.51. The van der Waals surface area contributed by atoms with E-state index in [1.165, 1.54) is 16.6 Å². The van der Waals surface area contributed by atoms with Crippen LogP contribution in [0.1, 0.15) is 29.0 Å². The van der Waals surface area contributed by atoms with Crippen LogP contribution in [-0.4, -0.2) is 21.6 Å². The van der Waals surface area contributed by atoms with Gasteiger partial charge >= 0.3 is 0 Å². The second kappa shape index (κ2) is 7.82. The van der Waals surface area contributed by atoms with Crippen molar-refractivity contribution in [3.05, 3.63) is 45.3 Å². The lowest BCUT2D eigenvalue weighted by molar-refractivity contribution is -0.119. The van der Waals surface area contributed by atoms with Crippen LogP contribution in [0.3, 0.4) is 0 Å². The number of benzene rings is 1. The number of thiophene rings is 1. The molecular weight excluding hydrogens is 388 g/mol. The maximum atomic E-state index is 12.3. The summed E-state index contributed by atoms with van der Waals surface area (Å²) in [6.45, 7) is 5.96. The average Bonchev–Trinajstić information content (AvgIpc) is 2.88. The van der Waals surface area contributed by atoms with Crippen molar-refractivity contribution in [1.82, 2.24) is 15.3 Å². The number of halogens is 1. The number of fused-ring (bicyclic) bond motifs is 1. The van der Waals surface area contributed by atoms with Crippen LogP contribution in [0.25, 0.3) is 10.2 Å². The summed E-state index contributed by atoms with van der Waals surface area (Å²) in [4.78, 5) is 23.2. The fraction of sp³-hybridized carbons (Fsp3) is 0.278. The van der Waals surface area contributed by atoms with Crippen molar-refractivity contribution in [2.24, 2.45) is 0 Å². The van der Waals surface area contributed by atoms with Crippen molar-refractivity contribution >= 4 is 56.6 Å². The minimum Gasteiger partial charge on any atom is -0.383 e. The van der Waals surface area contributed by atoms with Crippen molar-refractivity contribution in [2.75, 3.05) is 11.5 Å². The van der Waals surface area contributed by atoms with Gasteiger partial charge in [-0.05, 0) is 38.0 Å². The van der Waals surface area contributed by atoms with E-state index < -0.39 is 0 Å². The molecule has 0 fully saturated rings. The van der Waals surface area contributed by atoms with E-state index in [4.69, 9.17) is 17.3 Å². The zero-order valence-electron chi connectivity index (χ0n) is 14.7.